The van der Waals surface area contributed by atoms with Gasteiger partial charge >= 0.3 is 0 Å². The summed E-state index contributed by atoms with van der Waals surface area (Å²) < 4.78 is 10.1. The predicted molar refractivity (Wildman–Crippen MR) is 257 cm³/mol. The van der Waals surface area contributed by atoms with E-state index >= 15 is 0 Å². The van der Waals surface area contributed by atoms with Crippen molar-refractivity contribution in [1.82, 2.24) is 9.13 Å². The second kappa shape index (κ2) is 12.7. The number of rotatable bonds is 4. The Morgan fingerprint density at radius 3 is 1.22 bits per heavy atom. The Balaban J connectivity index is 1.03. The maximum atomic E-state index is 7.09. The van der Waals surface area contributed by atoms with Crippen LogP contribution in [-0.2, 0) is 0 Å². The van der Waals surface area contributed by atoms with Gasteiger partial charge in [0.25, 0.3) is 0 Å². The lowest BCUT2D eigenvalue weighted by atomic mass is 9.96. The molecule has 4 heterocycles. The molecule has 0 unspecified atom stereocenters. The van der Waals surface area contributed by atoms with E-state index in [4.69, 9.17) is 11.6 Å². The Morgan fingerprint density at radius 2 is 0.746 bits per heavy atom. The molecule has 0 aliphatic heterocycles. The van der Waals surface area contributed by atoms with Crippen molar-refractivity contribution in [3.8, 4) is 33.6 Å². The first kappa shape index (κ1) is 33.3. The zero-order valence-electron chi connectivity index (χ0n) is 31.5. The molecule has 0 spiro atoms. The van der Waals surface area contributed by atoms with E-state index in [1.54, 1.807) is 0 Å². The molecule has 0 saturated heterocycles. The zero-order chi connectivity index (χ0) is 38.8. The van der Waals surface area contributed by atoms with Crippen molar-refractivity contribution in [2.45, 2.75) is 0 Å². The molecule has 0 radical (unpaired) electrons. The van der Waals surface area contributed by atoms with Gasteiger partial charge in [-0.25, -0.2) is 0 Å². The van der Waals surface area contributed by atoms with Crippen LogP contribution in [0.3, 0.4) is 0 Å². The zero-order valence-corrected chi connectivity index (χ0v) is 33.9. The van der Waals surface area contributed by atoms with Gasteiger partial charge < -0.3 is 9.13 Å². The summed E-state index contributed by atoms with van der Waals surface area (Å²) in [5, 5.41) is 11.0. The van der Waals surface area contributed by atoms with Crippen LogP contribution in [-0.4, -0.2) is 9.13 Å². The first-order valence-corrected chi connectivity index (χ1v) is 21.9. The molecule has 0 amide bonds. The largest absolute Gasteiger partial charge is 0.309 e. The molecule has 9 aromatic carbocycles. The first-order chi connectivity index (χ1) is 29.2. The maximum Gasteiger partial charge on any atom is 0.0555 e. The summed E-state index contributed by atoms with van der Waals surface area (Å²) in [6.45, 7) is 0. The van der Waals surface area contributed by atoms with Crippen molar-refractivity contribution in [3.05, 3.63) is 193 Å². The number of para-hydroxylation sites is 2. The van der Waals surface area contributed by atoms with Gasteiger partial charge in [0, 0.05) is 78.3 Å². The van der Waals surface area contributed by atoms with E-state index in [-0.39, 0.29) is 0 Å². The summed E-state index contributed by atoms with van der Waals surface area (Å²) in [7, 11) is 0. The Hall–Kier alpha value is -6.69. The fourth-order valence-electron chi connectivity index (χ4n) is 9.56. The Morgan fingerprint density at radius 1 is 0.322 bits per heavy atom. The Kier molecular flexibility index (Phi) is 7.14. The summed E-state index contributed by atoms with van der Waals surface area (Å²) in [6, 6.07) is 68.6. The number of hydrogen-bond acceptors (Lipinski definition) is 2. The van der Waals surface area contributed by atoms with E-state index in [9.17, 15) is 0 Å². The van der Waals surface area contributed by atoms with Gasteiger partial charge in [-0.2, -0.15) is 0 Å². The van der Waals surface area contributed by atoms with Gasteiger partial charge in [0.15, 0.2) is 0 Å². The number of fused-ring (bicyclic) bond motifs is 14. The van der Waals surface area contributed by atoms with Crippen molar-refractivity contribution >= 4 is 118 Å². The quantitative estimate of drug-likeness (QED) is 0.168. The molecule has 0 fully saturated rings. The molecule has 0 saturated carbocycles. The highest BCUT2D eigenvalue weighted by atomic mass is 35.5. The highest BCUT2D eigenvalue weighted by Crippen LogP contribution is 2.46. The van der Waals surface area contributed by atoms with Crippen molar-refractivity contribution in [2.24, 2.45) is 0 Å². The van der Waals surface area contributed by atoms with Gasteiger partial charge in [0.1, 0.15) is 0 Å². The molecular weight excluding hydrogens is 776 g/mol. The number of thiophene rings is 2. The lowest BCUT2D eigenvalue weighted by molar-refractivity contribution is 1.18. The SMILES string of the molecule is Clc1cc(-c2ccc3c(c2)c2c4sc5ccccc5c4ccc2n3-c2ccccc2)cc(-c2ccc3c(c2)c2c4sc5ccccc5c4ccc2n3-c2ccccc2)c1. The lowest BCUT2D eigenvalue weighted by Gasteiger charge is -2.11. The molecule has 13 rings (SSSR count). The molecular formula is C54H31ClN2S2. The third-order valence-corrected chi connectivity index (χ3v) is 14.8. The summed E-state index contributed by atoms with van der Waals surface area (Å²) in [5.41, 5.74) is 11.6. The highest BCUT2D eigenvalue weighted by molar-refractivity contribution is 7.27. The van der Waals surface area contributed by atoms with Crippen LogP contribution in [0.25, 0.3) is 118 Å². The topological polar surface area (TPSA) is 9.86 Å². The van der Waals surface area contributed by atoms with E-state index in [1.165, 1.54) is 84.0 Å². The van der Waals surface area contributed by atoms with Gasteiger partial charge in [-0.3, -0.25) is 0 Å². The Bertz CT molecular complexity index is 3600. The number of nitrogens with zero attached hydrogens (tertiary/aromatic N) is 2. The van der Waals surface area contributed by atoms with Gasteiger partial charge in [-0.05, 0) is 113 Å². The summed E-state index contributed by atoms with van der Waals surface area (Å²) >= 11 is 10.9. The summed E-state index contributed by atoms with van der Waals surface area (Å²) in [6.07, 6.45) is 0. The van der Waals surface area contributed by atoms with Crippen molar-refractivity contribution in [2.75, 3.05) is 0 Å². The molecule has 0 N–H and O–H groups in total. The fourth-order valence-corrected chi connectivity index (χ4v) is 12.3. The second-order valence-corrected chi connectivity index (χ2v) is 17.9. The van der Waals surface area contributed by atoms with E-state index < -0.39 is 0 Å². The van der Waals surface area contributed by atoms with Crippen molar-refractivity contribution < 1.29 is 0 Å². The number of benzene rings is 9. The van der Waals surface area contributed by atoms with Crippen molar-refractivity contribution in [1.29, 1.82) is 0 Å². The molecule has 0 aliphatic rings. The second-order valence-electron chi connectivity index (χ2n) is 15.4. The minimum absolute atomic E-state index is 0.718. The maximum absolute atomic E-state index is 7.09. The minimum atomic E-state index is 0.718. The first-order valence-electron chi connectivity index (χ1n) is 19.9. The summed E-state index contributed by atoms with van der Waals surface area (Å²) in [4.78, 5) is 0. The minimum Gasteiger partial charge on any atom is -0.309 e. The van der Waals surface area contributed by atoms with E-state index in [1.807, 2.05) is 22.7 Å². The van der Waals surface area contributed by atoms with Gasteiger partial charge in [-0.1, -0.05) is 109 Å². The molecule has 13 aromatic rings. The normalized spacial score (nSPS) is 12.2. The molecule has 0 aliphatic carbocycles. The van der Waals surface area contributed by atoms with Crippen molar-refractivity contribution in [3.63, 3.8) is 0 Å². The van der Waals surface area contributed by atoms with Gasteiger partial charge in [0.2, 0.25) is 0 Å². The average molecular weight is 807 g/mol. The molecule has 276 valence electrons. The predicted octanol–water partition coefficient (Wildman–Crippen LogP) is 16.6. The molecule has 59 heavy (non-hydrogen) atoms. The van der Waals surface area contributed by atoms with E-state index in [0.717, 1.165) is 38.7 Å². The average Bonchev–Trinajstić information content (AvgIpc) is 4.03. The monoisotopic (exact) mass is 806 g/mol. The molecule has 4 aromatic heterocycles. The van der Waals surface area contributed by atoms with E-state index in [2.05, 4.69) is 197 Å². The van der Waals surface area contributed by atoms with E-state index in [0.29, 0.717) is 0 Å². The number of aromatic nitrogens is 2. The lowest BCUT2D eigenvalue weighted by Crippen LogP contribution is -1.93. The molecule has 2 nitrogen and oxygen atoms in total. The number of halogens is 1. The van der Waals surface area contributed by atoms with Gasteiger partial charge in [0.05, 0.1) is 22.1 Å². The van der Waals surface area contributed by atoms with Crippen LogP contribution in [0.2, 0.25) is 5.02 Å². The molecule has 0 atom stereocenters. The molecule has 0 bridgehead atoms. The highest BCUT2D eigenvalue weighted by Gasteiger charge is 2.21. The number of hydrogen-bond donors (Lipinski definition) is 0. The van der Waals surface area contributed by atoms with Gasteiger partial charge in [-0.15, -0.1) is 22.7 Å². The third kappa shape index (κ3) is 4.92. The third-order valence-electron chi connectivity index (χ3n) is 12.1. The Labute approximate surface area is 352 Å². The smallest absolute Gasteiger partial charge is 0.0555 e. The standard InChI is InChI=1S/C54H31ClN2S2/c55-36-28-34(32-19-23-45-43(30-32)51-47(56(45)37-11-3-1-4-12-37)25-21-41-39-15-7-9-17-49(39)58-53(41)51)27-35(29-36)33-20-24-46-44(31-33)52-48(57(46)38-13-5-2-6-14-38)26-22-42-40-16-8-10-18-50(40)59-54(42)52/h1-31H. The fraction of sp³-hybridized carbons (Fsp3) is 0. The van der Waals surface area contributed by atoms with Crippen LogP contribution in [0.5, 0.6) is 0 Å². The van der Waals surface area contributed by atoms with Crippen LogP contribution in [0.4, 0.5) is 0 Å². The summed E-state index contributed by atoms with van der Waals surface area (Å²) in [5.74, 6) is 0. The van der Waals surface area contributed by atoms with Crippen LogP contribution < -0.4 is 0 Å². The van der Waals surface area contributed by atoms with Crippen LogP contribution in [0.15, 0.2) is 188 Å². The van der Waals surface area contributed by atoms with Crippen LogP contribution in [0.1, 0.15) is 0 Å². The van der Waals surface area contributed by atoms with Crippen LogP contribution >= 0.6 is 34.3 Å². The van der Waals surface area contributed by atoms with Crippen LogP contribution in [0, 0.1) is 0 Å². The molecule has 5 heteroatoms.